The molecule has 1 unspecified atom stereocenters. The Hall–Kier alpha value is -10.1. The van der Waals surface area contributed by atoms with Gasteiger partial charge in [0.2, 0.25) is 53.2 Å². The van der Waals surface area contributed by atoms with Gasteiger partial charge in [0.25, 0.3) is 0 Å². The number of hydrogen-bond donors (Lipinski definition) is 14. The number of H-pyrrole nitrogens is 3. The van der Waals surface area contributed by atoms with Crippen molar-refractivity contribution in [2.45, 2.75) is 157 Å². The third-order valence-electron chi connectivity index (χ3n) is 19.4. The molecule has 0 spiro atoms. The maximum atomic E-state index is 15.4. The Kier molecular flexibility index (Phi) is 28.3. The highest BCUT2D eigenvalue weighted by Gasteiger charge is 2.43. The van der Waals surface area contributed by atoms with E-state index in [9.17, 15) is 43.1 Å². The first-order chi connectivity index (χ1) is 51.1. The summed E-state index contributed by atoms with van der Waals surface area (Å²) in [7, 11) is 0. The molecule has 10 rings (SSSR count). The molecule has 9 amide bonds. The number of nitrogens with zero attached hydrogens (tertiary/aromatic N) is 1. The van der Waals surface area contributed by atoms with Crippen LogP contribution >= 0.6 is 23.5 Å². The van der Waals surface area contributed by atoms with Crippen molar-refractivity contribution in [1.82, 2.24) is 62.5 Å². The first kappa shape index (κ1) is 78.4. The Morgan fingerprint density at radius 3 is 1.80 bits per heavy atom. The smallest absolute Gasteiger partial charge is 0.305 e. The summed E-state index contributed by atoms with van der Waals surface area (Å²) in [5.74, 6) is -10.9. The molecule has 7 aromatic rings. The second kappa shape index (κ2) is 38.2. The number of amides is 9. The largest absolute Gasteiger partial charge is 0.493 e. The molecular formula is C75H90F2N14O13S2. The van der Waals surface area contributed by atoms with Crippen molar-refractivity contribution >= 4 is 110 Å². The number of imidazole rings is 1. The van der Waals surface area contributed by atoms with Gasteiger partial charge in [0.05, 0.1) is 31.9 Å². The first-order valence-corrected chi connectivity index (χ1v) is 38.0. The van der Waals surface area contributed by atoms with Crippen molar-refractivity contribution in [3.05, 3.63) is 155 Å². The van der Waals surface area contributed by atoms with Gasteiger partial charge in [0, 0.05) is 107 Å². The monoisotopic (exact) mass is 1500 g/mol. The van der Waals surface area contributed by atoms with Gasteiger partial charge in [-0.25, -0.2) is 13.8 Å². The number of ether oxygens (including phenoxy) is 1. The summed E-state index contributed by atoms with van der Waals surface area (Å²) in [4.78, 5) is 171. The third-order valence-corrected chi connectivity index (χ3v) is 21.5. The molecule has 4 aromatic carbocycles. The van der Waals surface area contributed by atoms with Crippen LogP contribution in [0, 0.1) is 29.4 Å². The van der Waals surface area contributed by atoms with E-state index >= 15 is 23.6 Å². The molecule has 1 aliphatic heterocycles. The summed E-state index contributed by atoms with van der Waals surface area (Å²) in [6.45, 7) is -0.0500. The predicted molar refractivity (Wildman–Crippen MR) is 394 cm³/mol. The van der Waals surface area contributed by atoms with Crippen LogP contribution in [0.2, 0.25) is 0 Å². The molecule has 16 N–H and O–H groups in total. The molecule has 27 nitrogen and oxygen atoms in total. The standard InChI is InChI=1S/C75H90F2N14O13S2/c76-48-16-20-56-54(29-48)46(33-81-56)27-60-72(100)88-61(28-47-34-82-57-21-17-49(77)30-55(47)57)73(101)90-63(32-67(94)95)75(103)89-62(31-50-35-80-41-84-50)74(102)87-59(26-42-14-18-51(19-15-42)104-37-43-7-2-1-3-8-43)68(96)52-11-5-12-53(52)70(98)91-64(69(79)97)40-106-39-45-10-4-9-44(25-45)38-105-24-22-65(92)85-58(13-6-23-78)71(99)83-36-66(93)86-60/h4,9-10,14-21,25,29-30,33-35,41,43,52-53,58-64,81-82H,1-3,5-8,11-13,22-24,26-28,31-32,36-40,78H2,(H2,79,97)(H,80,84)(H,83,99)(H,85,92)(H,86,93)(H,87,102)(H,88,100)(H,89,103)(H,90,101)(H,91,98)(H,94,95)/t52?,53-,58+,59+,60+,61+,62+,63+,64+/m1/s1. The lowest BCUT2D eigenvalue weighted by molar-refractivity contribution is -0.141. The number of carboxylic acids is 1. The maximum absolute atomic E-state index is 15.4. The van der Waals surface area contributed by atoms with Crippen molar-refractivity contribution in [2.24, 2.45) is 29.2 Å². The van der Waals surface area contributed by atoms with Gasteiger partial charge in [-0.2, -0.15) is 23.5 Å². The minimum absolute atomic E-state index is 0.0103. The molecule has 2 fully saturated rings. The number of Topliss-reactive ketones (excluding diaryl/α,β-unsaturated/α-hetero) is 1. The highest BCUT2D eigenvalue weighted by atomic mass is 32.2. The van der Waals surface area contributed by atoms with E-state index in [0.29, 0.717) is 81.6 Å². The minimum atomic E-state index is -2.02. The number of carbonyl (C=O) groups is 11. The number of fused-ring (bicyclic) bond motifs is 5. The van der Waals surface area contributed by atoms with Gasteiger partial charge in [-0.1, -0.05) is 62.1 Å². The van der Waals surface area contributed by atoms with Gasteiger partial charge in [-0.05, 0) is 134 Å². The zero-order valence-corrected chi connectivity index (χ0v) is 60.1. The third kappa shape index (κ3) is 22.5. The number of carboxylic acid groups (broad SMARTS) is 1. The number of benzene rings is 4. The number of carbonyl (C=O) groups excluding carboxylic acids is 10. The number of aromatic amines is 3. The quantitative estimate of drug-likeness (QED) is 0.0590. The summed E-state index contributed by atoms with van der Waals surface area (Å²) < 4.78 is 36.1. The fourth-order valence-corrected chi connectivity index (χ4v) is 15.6. The topological polar surface area (TPSA) is 426 Å². The van der Waals surface area contributed by atoms with Crippen molar-refractivity contribution in [1.29, 1.82) is 0 Å². The van der Waals surface area contributed by atoms with Gasteiger partial charge in [-0.3, -0.25) is 52.7 Å². The van der Waals surface area contributed by atoms with E-state index in [-0.39, 0.29) is 68.2 Å². The number of nitrogens with one attached hydrogen (secondary N) is 11. The zero-order chi connectivity index (χ0) is 75.2. The molecule has 2 saturated carbocycles. The average Bonchev–Trinajstić information content (AvgIpc) is 1.62. The van der Waals surface area contributed by atoms with Crippen LogP contribution in [0.25, 0.3) is 21.8 Å². The second-order valence-electron chi connectivity index (χ2n) is 27.2. The van der Waals surface area contributed by atoms with Crippen molar-refractivity contribution < 1.29 is 71.4 Å². The normalized spacial score (nSPS) is 23.2. The van der Waals surface area contributed by atoms with E-state index < -0.39 is 150 Å². The molecule has 4 heterocycles. The molecule has 564 valence electrons. The van der Waals surface area contributed by atoms with Crippen LogP contribution in [-0.2, 0) is 89.9 Å². The number of primary amides is 1. The highest BCUT2D eigenvalue weighted by Crippen LogP contribution is 2.35. The van der Waals surface area contributed by atoms with E-state index in [4.69, 9.17) is 16.2 Å². The number of ketones is 1. The number of halogens is 2. The van der Waals surface area contributed by atoms with Gasteiger partial charge < -0.3 is 78.8 Å². The number of hydrogen-bond acceptors (Lipinski definition) is 16. The van der Waals surface area contributed by atoms with Crippen LogP contribution in [-0.4, -0.2) is 163 Å². The van der Waals surface area contributed by atoms with E-state index in [0.717, 1.165) is 36.8 Å². The predicted octanol–water partition coefficient (Wildman–Crippen LogP) is 4.64. The Balaban J connectivity index is 0.973. The molecule has 31 heteroatoms. The lowest BCUT2D eigenvalue weighted by Crippen LogP contribution is -2.60. The van der Waals surface area contributed by atoms with Gasteiger partial charge in [0.15, 0.2) is 5.78 Å². The number of aliphatic carboxylic acids is 1. The van der Waals surface area contributed by atoms with Crippen LogP contribution in [0.1, 0.15) is 111 Å². The lowest BCUT2D eigenvalue weighted by atomic mass is 9.85. The number of rotatable bonds is 17. The molecule has 3 aliphatic rings. The van der Waals surface area contributed by atoms with Crippen LogP contribution in [0.4, 0.5) is 8.78 Å². The fraction of sp³-hybridized carbons (Fsp3) is 0.440. The van der Waals surface area contributed by atoms with Gasteiger partial charge in [0.1, 0.15) is 53.6 Å². The van der Waals surface area contributed by atoms with E-state index in [2.05, 4.69) is 62.5 Å². The Morgan fingerprint density at radius 1 is 0.585 bits per heavy atom. The number of nitrogens with two attached hydrogens (primary N) is 2. The zero-order valence-electron chi connectivity index (χ0n) is 58.4. The summed E-state index contributed by atoms with van der Waals surface area (Å²) in [5.41, 5.74) is 15.9. The van der Waals surface area contributed by atoms with E-state index in [1.807, 2.05) is 24.3 Å². The second-order valence-corrected chi connectivity index (χ2v) is 29.4. The van der Waals surface area contributed by atoms with Crippen molar-refractivity contribution in [2.75, 3.05) is 31.2 Å². The summed E-state index contributed by atoms with van der Waals surface area (Å²) in [6, 6.07) is 11.7. The van der Waals surface area contributed by atoms with Crippen molar-refractivity contribution in [3.8, 4) is 5.75 Å². The summed E-state index contributed by atoms with van der Waals surface area (Å²) in [5, 5.41) is 32.2. The average molecular weight is 1500 g/mol. The van der Waals surface area contributed by atoms with Crippen LogP contribution < -0.4 is 58.7 Å². The summed E-state index contributed by atoms with van der Waals surface area (Å²) in [6.07, 6.45) is 10.1. The highest BCUT2D eigenvalue weighted by molar-refractivity contribution is 7.98. The Labute approximate surface area is 618 Å². The molecule has 9 atom stereocenters. The molecular weight excluding hydrogens is 1410 g/mol. The first-order valence-electron chi connectivity index (χ1n) is 35.7. The molecule has 2 aliphatic carbocycles. The number of thioether (sulfide) groups is 2. The van der Waals surface area contributed by atoms with Crippen LogP contribution in [0.5, 0.6) is 5.75 Å². The minimum Gasteiger partial charge on any atom is -0.493 e. The summed E-state index contributed by atoms with van der Waals surface area (Å²) >= 11 is 2.82. The fourth-order valence-electron chi connectivity index (χ4n) is 13.7. The SMILES string of the molecule is NCCC[C@@H]1NC(=O)CCSCc2cccc(c2)CSC[C@@H](C(N)=O)NC(=O)[C@@H]2CCCC2C(=O)[C@H](Cc2ccc(OCC3CCCCC3)cc2)NC(=O)[C@H](Cc2cnc[nH]2)NC(=O)[C@H](CC(=O)O)NC(=O)[C@H](Cc2c[nH]c3ccc(F)cc23)NC(=O)[C@H](Cc2c[nH]c3ccc(F)cc23)NC(=O)CNC1=O. The van der Waals surface area contributed by atoms with Crippen LogP contribution in [0.3, 0.4) is 0 Å². The molecule has 0 radical (unpaired) electrons. The van der Waals surface area contributed by atoms with E-state index in [1.54, 1.807) is 24.3 Å². The Morgan fingerprint density at radius 2 is 1.18 bits per heavy atom. The van der Waals surface area contributed by atoms with Gasteiger partial charge >= 0.3 is 5.97 Å². The van der Waals surface area contributed by atoms with E-state index in [1.165, 1.54) is 91.3 Å². The van der Waals surface area contributed by atoms with Gasteiger partial charge in [-0.15, -0.1) is 0 Å². The molecule has 2 bridgehead atoms. The van der Waals surface area contributed by atoms with Crippen molar-refractivity contribution in [3.63, 3.8) is 0 Å². The molecule has 106 heavy (non-hydrogen) atoms. The lowest BCUT2D eigenvalue weighted by Gasteiger charge is -2.28. The van der Waals surface area contributed by atoms with Crippen LogP contribution in [0.15, 0.2) is 110 Å². The molecule has 3 aromatic heterocycles. The number of aromatic nitrogens is 4. The maximum Gasteiger partial charge on any atom is 0.305 e. The Bertz CT molecular complexity index is 4270. The molecule has 0 saturated heterocycles.